The highest BCUT2D eigenvalue weighted by Gasteiger charge is 1.92. The van der Waals surface area contributed by atoms with Crippen molar-refractivity contribution >= 4 is 27.1 Å². The molecule has 3 nitrogen and oxygen atoms in total. The molecule has 0 atom stereocenters. The Hall–Kier alpha value is 0.130. The second-order valence-corrected chi connectivity index (χ2v) is 2.73. The first-order valence-corrected chi connectivity index (χ1v) is 3.65. The van der Waals surface area contributed by atoms with Crippen LogP contribution in [0.3, 0.4) is 0 Å². The summed E-state index contributed by atoms with van der Waals surface area (Å²) in [4.78, 5) is 9.66. The van der Waals surface area contributed by atoms with E-state index in [2.05, 4.69) is 4.72 Å². The van der Waals surface area contributed by atoms with Gasteiger partial charge in [0.15, 0.2) is 0 Å². The molecule has 0 amide bonds. The van der Waals surface area contributed by atoms with Crippen LogP contribution in [0.2, 0.25) is 0 Å². The molecule has 0 fully saturated rings. The first-order valence-electron chi connectivity index (χ1n) is 1.50. The predicted molar refractivity (Wildman–Crippen MR) is 32.3 cm³/mol. The van der Waals surface area contributed by atoms with E-state index in [0.29, 0.717) is 0 Å². The SMILES string of the molecule is CNSSC(=O)O. The van der Waals surface area contributed by atoms with E-state index in [-0.39, 0.29) is 0 Å². The molecule has 0 rings (SSSR count). The number of rotatable bonds is 2. The molecular formula is C2H5NO2S2. The molecule has 0 aliphatic carbocycles. The molecule has 0 saturated carbocycles. The van der Waals surface area contributed by atoms with E-state index in [9.17, 15) is 4.79 Å². The second-order valence-electron chi connectivity index (χ2n) is 0.637. The third kappa shape index (κ3) is 6.13. The van der Waals surface area contributed by atoms with Gasteiger partial charge in [0.05, 0.1) is 0 Å². The molecule has 0 heterocycles. The third-order valence-electron chi connectivity index (χ3n) is 0.196. The Morgan fingerprint density at radius 3 is 2.57 bits per heavy atom. The Balaban J connectivity index is 2.82. The van der Waals surface area contributed by atoms with E-state index in [1.165, 1.54) is 0 Å². The van der Waals surface area contributed by atoms with Gasteiger partial charge in [-0.25, -0.2) is 4.79 Å². The van der Waals surface area contributed by atoms with Crippen LogP contribution in [0.5, 0.6) is 0 Å². The number of hydrogen-bond acceptors (Lipinski definition) is 4. The van der Waals surface area contributed by atoms with Crippen LogP contribution in [0.4, 0.5) is 4.79 Å². The van der Waals surface area contributed by atoms with Gasteiger partial charge in [-0.15, -0.1) is 0 Å². The van der Waals surface area contributed by atoms with E-state index < -0.39 is 5.30 Å². The number of hydrogen-bond donors (Lipinski definition) is 2. The van der Waals surface area contributed by atoms with Crippen LogP contribution < -0.4 is 4.72 Å². The zero-order valence-corrected chi connectivity index (χ0v) is 5.30. The average Bonchev–Trinajstić information content (AvgIpc) is 1.61. The topological polar surface area (TPSA) is 49.3 Å². The van der Waals surface area contributed by atoms with Gasteiger partial charge in [-0.2, -0.15) is 0 Å². The lowest BCUT2D eigenvalue weighted by Gasteiger charge is -1.86. The first kappa shape index (κ1) is 7.13. The van der Waals surface area contributed by atoms with Crippen LogP contribution in [0, 0.1) is 0 Å². The van der Waals surface area contributed by atoms with Crippen LogP contribution >= 0.6 is 21.8 Å². The van der Waals surface area contributed by atoms with E-state index in [4.69, 9.17) is 5.11 Å². The molecule has 0 aliphatic rings. The van der Waals surface area contributed by atoms with Crippen molar-refractivity contribution in [3.05, 3.63) is 0 Å². The van der Waals surface area contributed by atoms with Crippen molar-refractivity contribution < 1.29 is 9.90 Å². The Labute approximate surface area is 49.4 Å². The molecule has 0 aromatic heterocycles. The maximum absolute atomic E-state index is 9.66. The summed E-state index contributed by atoms with van der Waals surface area (Å²) >= 11 is 0. The van der Waals surface area contributed by atoms with E-state index in [1.807, 2.05) is 0 Å². The van der Waals surface area contributed by atoms with Crippen LogP contribution in [-0.2, 0) is 0 Å². The normalized spacial score (nSPS) is 8.71. The van der Waals surface area contributed by atoms with Crippen LogP contribution in [0.15, 0.2) is 0 Å². The smallest absolute Gasteiger partial charge is 0.376 e. The molecule has 0 aliphatic heterocycles. The molecule has 0 bridgehead atoms. The monoisotopic (exact) mass is 139 g/mol. The summed E-state index contributed by atoms with van der Waals surface area (Å²) < 4.78 is 2.60. The maximum Gasteiger partial charge on any atom is 0.376 e. The second kappa shape index (κ2) is 4.29. The van der Waals surface area contributed by atoms with Gasteiger partial charge in [-0.3, -0.25) is 4.72 Å². The highest BCUT2D eigenvalue weighted by Crippen LogP contribution is 2.15. The minimum absolute atomic E-state index is 0.753. The number of carbonyl (C=O) groups is 1. The van der Waals surface area contributed by atoms with Crippen molar-refractivity contribution in [1.82, 2.24) is 4.72 Å². The van der Waals surface area contributed by atoms with Crippen molar-refractivity contribution in [3.8, 4) is 0 Å². The zero-order valence-electron chi connectivity index (χ0n) is 3.67. The summed E-state index contributed by atoms with van der Waals surface area (Å²) in [6, 6.07) is 0. The molecule has 0 radical (unpaired) electrons. The summed E-state index contributed by atoms with van der Waals surface area (Å²) in [5.41, 5.74) is 0. The van der Waals surface area contributed by atoms with Crippen molar-refractivity contribution in [2.24, 2.45) is 0 Å². The lowest BCUT2D eigenvalue weighted by atomic mass is 11.6. The van der Waals surface area contributed by atoms with Crippen LogP contribution in [0.1, 0.15) is 0 Å². The fraction of sp³-hybridized carbons (Fsp3) is 0.500. The highest BCUT2D eigenvalue weighted by molar-refractivity contribution is 8.81. The quantitative estimate of drug-likeness (QED) is 0.444. The van der Waals surface area contributed by atoms with Gasteiger partial charge in [-0.1, -0.05) is 0 Å². The van der Waals surface area contributed by atoms with Crippen molar-refractivity contribution in [1.29, 1.82) is 0 Å². The number of nitrogens with one attached hydrogen (secondary N) is 1. The molecule has 0 saturated heterocycles. The molecule has 0 aromatic carbocycles. The Kier molecular flexibility index (Phi) is 4.37. The van der Waals surface area contributed by atoms with Gasteiger partial charge in [-0.05, 0) is 18.0 Å². The molecule has 0 unspecified atom stereocenters. The molecule has 0 spiro atoms. The number of carboxylic acid groups (broad SMARTS) is 1. The molecule has 5 heteroatoms. The van der Waals surface area contributed by atoms with Crippen molar-refractivity contribution in [3.63, 3.8) is 0 Å². The molecular weight excluding hydrogens is 134 g/mol. The third-order valence-corrected chi connectivity index (χ3v) is 1.77. The fourth-order valence-corrected chi connectivity index (χ4v) is 0.696. The standard InChI is InChI=1S/C2H5NO2S2/c1-3-7-6-2(4)5/h3H,1H3,(H,4,5). The van der Waals surface area contributed by atoms with Crippen LogP contribution in [0.25, 0.3) is 0 Å². The zero-order chi connectivity index (χ0) is 5.70. The van der Waals surface area contributed by atoms with E-state index in [0.717, 1.165) is 21.8 Å². The summed E-state index contributed by atoms with van der Waals surface area (Å²) in [5.74, 6) is 0. The summed E-state index contributed by atoms with van der Waals surface area (Å²) in [6.45, 7) is 0. The van der Waals surface area contributed by atoms with Gasteiger partial charge >= 0.3 is 5.30 Å². The highest BCUT2D eigenvalue weighted by atomic mass is 33.1. The maximum atomic E-state index is 9.66. The van der Waals surface area contributed by atoms with Crippen molar-refractivity contribution in [2.75, 3.05) is 7.05 Å². The molecule has 42 valence electrons. The molecule has 7 heavy (non-hydrogen) atoms. The minimum atomic E-state index is -0.876. The average molecular weight is 139 g/mol. The van der Waals surface area contributed by atoms with Gasteiger partial charge in [0.1, 0.15) is 0 Å². The first-order chi connectivity index (χ1) is 3.27. The fourth-order valence-electron chi connectivity index (χ4n) is 0.0773. The van der Waals surface area contributed by atoms with Gasteiger partial charge < -0.3 is 5.11 Å². The lowest BCUT2D eigenvalue weighted by Crippen LogP contribution is -1.88. The summed E-state index contributed by atoms with van der Waals surface area (Å²) in [5, 5.41) is 7.07. The van der Waals surface area contributed by atoms with E-state index in [1.54, 1.807) is 7.05 Å². The molecule has 0 aromatic rings. The predicted octanol–water partition coefficient (Wildman–Crippen LogP) is 1.18. The Morgan fingerprint density at radius 2 is 2.43 bits per heavy atom. The minimum Gasteiger partial charge on any atom is -0.472 e. The lowest BCUT2D eigenvalue weighted by molar-refractivity contribution is 0.222. The van der Waals surface area contributed by atoms with Gasteiger partial charge in [0, 0.05) is 10.8 Å². The largest absolute Gasteiger partial charge is 0.472 e. The van der Waals surface area contributed by atoms with Gasteiger partial charge in [0.25, 0.3) is 0 Å². The summed E-state index contributed by atoms with van der Waals surface area (Å²) in [7, 11) is 3.50. The summed E-state index contributed by atoms with van der Waals surface area (Å²) in [6.07, 6.45) is 0. The van der Waals surface area contributed by atoms with Gasteiger partial charge in [0.2, 0.25) is 0 Å². The van der Waals surface area contributed by atoms with Crippen LogP contribution in [-0.4, -0.2) is 17.5 Å². The Bertz CT molecular complexity index is 66.7. The van der Waals surface area contributed by atoms with E-state index >= 15 is 0 Å². The molecule has 2 N–H and O–H groups in total. The van der Waals surface area contributed by atoms with Crippen molar-refractivity contribution in [2.45, 2.75) is 0 Å². The Morgan fingerprint density at radius 1 is 1.86 bits per heavy atom.